The van der Waals surface area contributed by atoms with Gasteiger partial charge in [0.2, 0.25) is 0 Å². The van der Waals surface area contributed by atoms with Crippen molar-refractivity contribution in [3.63, 3.8) is 0 Å². The maximum absolute atomic E-state index is 9.95. The van der Waals surface area contributed by atoms with Crippen LogP contribution in [0.3, 0.4) is 0 Å². The molecule has 0 radical (unpaired) electrons. The van der Waals surface area contributed by atoms with Crippen LogP contribution in [0.1, 0.15) is 38.2 Å². The van der Waals surface area contributed by atoms with Crippen LogP contribution in [-0.4, -0.2) is 20.8 Å². The summed E-state index contributed by atoms with van der Waals surface area (Å²) in [5.74, 6) is 1.29. The minimum Gasteiger partial charge on any atom is -0.391 e. The minimum atomic E-state index is -0.355. The van der Waals surface area contributed by atoms with Crippen LogP contribution in [0.4, 0.5) is 0 Å². The van der Waals surface area contributed by atoms with E-state index in [0.29, 0.717) is 12.3 Å². The van der Waals surface area contributed by atoms with Gasteiger partial charge in [-0.15, -0.1) is 0 Å². The lowest BCUT2D eigenvalue weighted by molar-refractivity contribution is 0.0542. The second-order valence-electron chi connectivity index (χ2n) is 4.34. The van der Waals surface area contributed by atoms with Crippen LogP contribution in [0.2, 0.25) is 0 Å². The van der Waals surface area contributed by atoms with Crippen LogP contribution in [-0.2, 0) is 0 Å². The maximum Gasteiger partial charge on any atom is 0.126 e. The van der Waals surface area contributed by atoms with Crippen molar-refractivity contribution in [2.45, 2.75) is 38.5 Å². The number of aromatic nitrogens is 2. The van der Waals surface area contributed by atoms with E-state index in [4.69, 9.17) is 5.73 Å². The van der Waals surface area contributed by atoms with E-state index in [1.54, 1.807) is 6.20 Å². The average Bonchev–Trinajstić information content (AvgIpc) is 2.51. The van der Waals surface area contributed by atoms with Crippen LogP contribution in [0, 0.1) is 5.92 Å². The van der Waals surface area contributed by atoms with Crippen molar-refractivity contribution in [3.8, 4) is 0 Å². The number of nitrogens with zero attached hydrogens (tertiary/aromatic N) is 2. The molecule has 2 heterocycles. The molecule has 1 aliphatic heterocycles. The molecule has 0 aliphatic carbocycles. The Morgan fingerprint density at radius 3 is 3.00 bits per heavy atom. The number of hydrogen-bond donors (Lipinski definition) is 2. The van der Waals surface area contributed by atoms with Gasteiger partial charge >= 0.3 is 0 Å². The Hall–Kier alpha value is -0.870. The molecule has 0 saturated carbocycles. The molecule has 1 aromatic rings. The second-order valence-corrected chi connectivity index (χ2v) is 4.34. The zero-order valence-corrected chi connectivity index (χ0v) is 8.59. The Labute approximate surface area is 83.8 Å². The first-order valence-electron chi connectivity index (χ1n) is 5.07. The van der Waals surface area contributed by atoms with E-state index in [9.17, 15) is 5.11 Å². The molecule has 0 spiro atoms. The van der Waals surface area contributed by atoms with Crippen LogP contribution in [0.5, 0.6) is 0 Å². The maximum atomic E-state index is 9.95. The third-order valence-corrected chi connectivity index (χ3v) is 2.92. The minimum absolute atomic E-state index is 0.118. The molecule has 0 saturated heterocycles. The number of aliphatic hydroxyl groups excluding tert-OH is 1. The van der Waals surface area contributed by atoms with Crippen molar-refractivity contribution in [1.29, 1.82) is 0 Å². The van der Waals surface area contributed by atoms with E-state index in [2.05, 4.69) is 18.8 Å². The van der Waals surface area contributed by atoms with Crippen LogP contribution in [0.15, 0.2) is 12.4 Å². The third-order valence-electron chi connectivity index (χ3n) is 2.92. The first kappa shape index (κ1) is 9.68. The molecule has 2 rings (SSSR count). The van der Waals surface area contributed by atoms with Gasteiger partial charge in [0.15, 0.2) is 0 Å². The summed E-state index contributed by atoms with van der Waals surface area (Å²) in [4.78, 5) is 4.23. The zero-order chi connectivity index (χ0) is 10.3. The number of nitrogens with two attached hydrogens (primary N) is 1. The number of rotatable bonds is 1. The van der Waals surface area contributed by atoms with Crippen molar-refractivity contribution < 1.29 is 5.11 Å². The fourth-order valence-corrected chi connectivity index (χ4v) is 2.32. The topological polar surface area (TPSA) is 64.1 Å². The lowest BCUT2D eigenvalue weighted by Crippen LogP contribution is -2.38. The molecule has 1 aromatic heterocycles. The summed E-state index contributed by atoms with van der Waals surface area (Å²) in [6, 6.07) is -0.0118. The van der Waals surface area contributed by atoms with Crippen molar-refractivity contribution in [1.82, 2.24) is 9.55 Å². The number of fused-ring (bicyclic) bond motifs is 1. The van der Waals surface area contributed by atoms with Gasteiger partial charge in [0.05, 0.1) is 18.2 Å². The SMILES string of the molecule is CC(C)[C@H]1[C@H](O)C[C@H](N)c2nccn21. The molecule has 0 fully saturated rings. The van der Waals surface area contributed by atoms with Crippen LogP contribution < -0.4 is 5.73 Å². The Kier molecular flexibility index (Phi) is 2.33. The molecule has 4 nitrogen and oxygen atoms in total. The van der Waals surface area contributed by atoms with Gasteiger partial charge < -0.3 is 15.4 Å². The largest absolute Gasteiger partial charge is 0.391 e. The number of hydrogen-bond acceptors (Lipinski definition) is 3. The lowest BCUT2D eigenvalue weighted by Gasteiger charge is -2.35. The number of aliphatic hydroxyl groups is 1. The summed E-state index contributed by atoms with van der Waals surface area (Å²) in [6.07, 6.45) is 3.91. The number of imidazole rings is 1. The molecule has 0 amide bonds. The highest BCUT2D eigenvalue weighted by molar-refractivity contribution is 5.07. The molecule has 0 aromatic carbocycles. The lowest BCUT2D eigenvalue weighted by atomic mass is 9.90. The van der Waals surface area contributed by atoms with Gasteiger partial charge in [0.25, 0.3) is 0 Å². The first-order chi connectivity index (χ1) is 6.61. The summed E-state index contributed by atoms with van der Waals surface area (Å²) < 4.78 is 2.02. The second kappa shape index (κ2) is 3.37. The van der Waals surface area contributed by atoms with Gasteiger partial charge in [-0.25, -0.2) is 4.98 Å². The van der Waals surface area contributed by atoms with Gasteiger partial charge in [0, 0.05) is 12.4 Å². The smallest absolute Gasteiger partial charge is 0.126 e. The monoisotopic (exact) mass is 195 g/mol. The molecule has 14 heavy (non-hydrogen) atoms. The third kappa shape index (κ3) is 1.35. The highest BCUT2D eigenvalue weighted by Gasteiger charge is 2.34. The van der Waals surface area contributed by atoms with Crippen molar-refractivity contribution in [2.24, 2.45) is 11.7 Å². The van der Waals surface area contributed by atoms with E-state index in [0.717, 1.165) is 5.82 Å². The summed E-state index contributed by atoms with van der Waals surface area (Å²) in [7, 11) is 0. The highest BCUT2D eigenvalue weighted by atomic mass is 16.3. The Morgan fingerprint density at radius 1 is 1.64 bits per heavy atom. The average molecular weight is 195 g/mol. The van der Waals surface area contributed by atoms with Gasteiger partial charge in [-0.05, 0) is 12.3 Å². The predicted molar refractivity (Wildman–Crippen MR) is 53.7 cm³/mol. The Bertz CT molecular complexity index is 321. The van der Waals surface area contributed by atoms with Crippen molar-refractivity contribution in [2.75, 3.05) is 0 Å². The van der Waals surface area contributed by atoms with Gasteiger partial charge in [0.1, 0.15) is 5.82 Å². The van der Waals surface area contributed by atoms with E-state index >= 15 is 0 Å². The fourth-order valence-electron chi connectivity index (χ4n) is 2.32. The molecule has 0 unspecified atom stereocenters. The fraction of sp³-hybridized carbons (Fsp3) is 0.700. The molecular formula is C10H17N3O. The van der Waals surface area contributed by atoms with E-state index < -0.39 is 0 Å². The summed E-state index contributed by atoms with van der Waals surface area (Å²) in [5.41, 5.74) is 5.90. The molecule has 1 aliphatic rings. The van der Waals surface area contributed by atoms with Gasteiger partial charge in [-0.1, -0.05) is 13.8 Å². The van der Waals surface area contributed by atoms with Gasteiger partial charge in [-0.3, -0.25) is 0 Å². The van der Waals surface area contributed by atoms with Crippen LogP contribution in [0.25, 0.3) is 0 Å². The molecule has 0 bridgehead atoms. The summed E-state index contributed by atoms with van der Waals surface area (Å²) in [5, 5.41) is 9.95. The predicted octanol–water partition coefficient (Wildman–Crippen LogP) is 0.845. The Balaban J connectivity index is 2.41. The molecule has 3 atom stereocenters. The van der Waals surface area contributed by atoms with Crippen molar-refractivity contribution >= 4 is 0 Å². The normalized spacial score (nSPS) is 31.9. The Morgan fingerprint density at radius 2 is 2.36 bits per heavy atom. The quantitative estimate of drug-likeness (QED) is 0.698. The van der Waals surface area contributed by atoms with Gasteiger partial charge in [-0.2, -0.15) is 0 Å². The van der Waals surface area contributed by atoms with E-state index in [1.807, 2.05) is 10.8 Å². The standard InChI is InChI=1S/C10H17N3O/c1-6(2)9-8(14)5-7(11)10-12-3-4-13(9)10/h3-4,6-9,14H,5,11H2,1-2H3/t7-,8+,9-/m0/s1. The highest BCUT2D eigenvalue weighted by Crippen LogP contribution is 2.33. The van der Waals surface area contributed by atoms with Crippen LogP contribution >= 0.6 is 0 Å². The van der Waals surface area contributed by atoms with Crippen molar-refractivity contribution in [3.05, 3.63) is 18.2 Å². The molecular weight excluding hydrogens is 178 g/mol. The summed E-state index contributed by atoms with van der Waals surface area (Å²) in [6.45, 7) is 4.21. The molecule has 78 valence electrons. The first-order valence-corrected chi connectivity index (χ1v) is 5.07. The summed E-state index contributed by atoms with van der Waals surface area (Å²) >= 11 is 0. The zero-order valence-electron chi connectivity index (χ0n) is 8.59. The van der Waals surface area contributed by atoms with E-state index in [-0.39, 0.29) is 18.2 Å². The molecule has 4 heteroatoms. The molecule has 3 N–H and O–H groups in total. The van der Waals surface area contributed by atoms with E-state index in [1.165, 1.54) is 0 Å².